The summed E-state index contributed by atoms with van der Waals surface area (Å²) < 4.78 is 5.32. The predicted octanol–water partition coefficient (Wildman–Crippen LogP) is 2.27. The predicted molar refractivity (Wildman–Crippen MR) is 73.8 cm³/mol. The van der Waals surface area contributed by atoms with Gasteiger partial charge in [-0.25, -0.2) is 0 Å². The second kappa shape index (κ2) is 7.09. The number of nitrogens with one attached hydrogen (secondary N) is 1. The zero-order chi connectivity index (χ0) is 12.6. The lowest BCUT2D eigenvalue weighted by Gasteiger charge is -2.30. The summed E-state index contributed by atoms with van der Waals surface area (Å²) in [6.45, 7) is 6.09. The van der Waals surface area contributed by atoms with Crippen LogP contribution in [0.1, 0.15) is 31.9 Å². The van der Waals surface area contributed by atoms with Crippen LogP contribution in [0.4, 0.5) is 0 Å². The lowest BCUT2D eigenvalue weighted by molar-refractivity contribution is 0.331. The summed E-state index contributed by atoms with van der Waals surface area (Å²) in [5.74, 6) is 2.07. The second-order valence-electron chi connectivity index (χ2n) is 4.61. The van der Waals surface area contributed by atoms with Gasteiger partial charge in [0.1, 0.15) is 5.76 Å². The Morgan fingerprint density at radius 1 is 1.39 bits per heavy atom. The Bertz CT molecular complexity index is 353. The van der Waals surface area contributed by atoms with Gasteiger partial charge >= 0.3 is 0 Å². The molecular weight excluding hydrogens is 226 g/mol. The molecule has 4 heteroatoms. The van der Waals surface area contributed by atoms with Crippen molar-refractivity contribution < 1.29 is 4.42 Å². The van der Waals surface area contributed by atoms with Gasteiger partial charge in [0.05, 0.1) is 6.26 Å². The normalized spacial score (nSPS) is 16.9. The van der Waals surface area contributed by atoms with Crippen molar-refractivity contribution in [1.82, 2.24) is 10.2 Å². The minimum absolute atomic E-state index is 0.784. The van der Waals surface area contributed by atoms with Gasteiger partial charge in [0.25, 0.3) is 0 Å². The van der Waals surface area contributed by atoms with E-state index < -0.39 is 0 Å². The van der Waals surface area contributed by atoms with Crippen LogP contribution in [0.25, 0.3) is 0 Å². The number of piperidine rings is 1. The topological polar surface area (TPSA) is 40.8 Å². The first-order valence-electron chi connectivity index (χ1n) is 6.96. The molecule has 1 saturated heterocycles. The Labute approximate surface area is 109 Å². The number of hydrogen-bond acceptors (Lipinski definition) is 2. The van der Waals surface area contributed by atoms with E-state index in [1.165, 1.54) is 19.3 Å². The fourth-order valence-corrected chi connectivity index (χ4v) is 2.26. The van der Waals surface area contributed by atoms with E-state index in [-0.39, 0.29) is 0 Å². The number of aliphatic imine (C=N–C) groups is 1. The van der Waals surface area contributed by atoms with Gasteiger partial charge in [-0.2, -0.15) is 0 Å². The largest absolute Gasteiger partial charge is 0.469 e. The number of nitrogens with zero attached hydrogens (tertiary/aromatic N) is 2. The number of guanidine groups is 1. The standard InChI is InChI=1S/C14H23N3O/c1-2-15-14(17-10-4-3-5-11-17)16-9-8-13-7-6-12-18-13/h6-7,12H,2-5,8-11H2,1H3,(H,15,16). The Kier molecular flexibility index (Phi) is 5.12. The molecule has 100 valence electrons. The van der Waals surface area contributed by atoms with Gasteiger partial charge in [0.2, 0.25) is 0 Å². The third-order valence-corrected chi connectivity index (χ3v) is 3.19. The quantitative estimate of drug-likeness (QED) is 0.657. The molecule has 1 aromatic heterocycles. The number of likely N-dealkylation sites (tertiary alicyclic amines) is 1. The molecule has 2 rings (SSSR count). The number of hydrogen-bond donors (Lipinski definition) is 1. The summed E-state index contributed by atoms with van der Waals surface area (Å²) in [5, 5.41) is 3.38. The van der Waals surface area contributed by atoms with Crippen LogP contribution in [0, 0.1) is 0 Å². The van der Waals surface area contributed by atoms with Gasteiger partial charge in [0, 0.05) is 32.6 Å². The Balaban J connectivity index is 1.86. The molecule has 0 radical (unpaired) electrons. The molecule has 0 bridgehead atoms. The third kappa shape index (κ3) is 3.79. The molecule has 1 N–H and O–H groups in total. The molecule has 1 fully saturated rings. The maximum absolute atomic E-state index is 5.32. The van der Waals surface area contributed by atoms with Crippen molar-refractivity contribution in [3.05, 3.63) is 24.2 Å². The summed E-state index contributed by atoms with van der Waals surface area (Å²) in [5.41, 5.74) is 0. The minimum Gasteiger partial charge on any atom is -0.469 e. The highest BCUT2D eigenvalue weighted by molar-refractivity contribution is 5.80. The number of furan rings is 1. The third-order valence-electron chi connectivity index (χ3n) is 3.19. The summed E-state index contributed by atoms with van der Waals surface area (Å²) >= 11 is 0. The van der Waals surface area contributed by atoms with Crippen LogP contribution >= 0.6 is 0 Å². The summed E-state index contributed by atoms with van der Waals surface area (Å²) in [4.78, 5) is 7.05. The lowest BCUT2D eigenvalue weighted by atomic mass is 10.1. The lowest BCUT2D eigenvalue weighted by Crippen LogP contribution is -2.44. The van der Waals surface area contributed by atoms with E-state index in [1.807, 2.05) is 12.1 Å². The first kappa shape index (κ1) is 13.0. The Hall–Kier alpha value is -1.45. The highest BCUT2D eigenvalue weighted by Gasteiger charge is 2.13. The molecule has 0 aromatic carbocycles. The SMILES string of the molecule is CCNC(=NCCc1ccco1)N1CCCCC1. The van der Waals surface area contributed by atoms with Crippen molar-refractivity contribution in [2.75, 3.05) is 26.2 Å². The monoisotopic (exact) mass is 249 g/mol. The van der Waals surface area contributed by atoms with Crippen molar-refractivity contribution in [3.63, 3.8) is 0 Å². The highest BCUT2D eigenvalue weighted by Crippen LogP contribution is 2.09. The Morgan fingerprint density at radius 2 is 2.22 bits per heavy atom. The van der Waals surface area contributed by atoms with Crippen LogP contribution in [0.5, 0.6) is 0 Å². The molecule has 0 atom stereocenters. The van der Waals surface area contributed by atoms with Gasteiger partial charge in [-0.1, -0.05) is 0 Å². The highest BCUT2D eigenvalue weighted by atomic mass is 16.3. The van der Waals surface area contributed by atoms with Crippen LogP contribution in [-0.2, 0) is 6.42 Å². The van der Waals surface area contributed by atoms with Crippen molar-refractivity contribution >= 4 is 5.96 Å². The fourth-order valence-electron chi connectivity index (χ4n) is 2.26. The average Bonchev–Trinajstić information content (AvgIpc) is 2.92. The summed E-state index contributed by atoms with van der Waals surface area (Å²) in [6.07, 6.45) is 6.50. The smallest absolute Gasteiger partial charge is 0.193 e. The van der Waals surface area contributed by atoms with E-state index in [9.17, 15) is 0 Å². The molecule has 0 amide bonds. The molecule has 4 nitrogen and oxygen atoms in total. The van der Waals surface area contributed by atoms with Crippen LogP contribution < -0.4 is 5.32 Å². The molecule has 0 saturated carbocycles. The summed E-state index contributed by atoms with van der Waals surface area (Å²) in [7, 11) is 0. The molecule has 1 aliphatic rings. The van der Waals surface area contributed by atoms with Gasteiger partial charge in [-0.15, -0.1) is 0 Å². The van der Waals surface area contributed by atoms with Crippen molar-refractivity contribution in [3.8, 4) is 0 Å². The van der Waals surface area contributed by atoms with Crippen molar-refractivity contribution in [2.24, 2.45) is 4.99 Å². The molecule has 18 heavy (non-hydrogen) atoms. The first-order valence-corrected chi connectivity index (χ1v) is 6.96. The van der Waals surface area contributed by atoms with Crippen LogP contribution in [0.15, 0.2) is 27.8 Å². The van der Waals surface area contributed by atoms with E-state index in [2.05, 4.69) is 22.1 Å². The molecular formula is C14H23N3O. The minimum atomic E-state index is 0.784. The fraction of sp³-hybridized carbons (Fsp3) is 0.643. The zero-order valence-electron chi connectivity index (χ0n) is 11.2. The van der Waals surface area contributed by atoms with E-state index in [4.69, 9.17) is 4.42 Å². The van der Waals surface area contributed by atoms with Crippen molar-refractivity contribution in [2.45, 2.75) is 32.6 Å². The second-order valence-corrected chi connectivity index (χ2v) is 4.61. The maximum Gasteiger partial charge on any atom is 0.193 e. The van der Waals surface area contributed by atoms with E-state index in [0.717, 1.165) is 44.3 Å². The van der Waals surface area contributed by atoms with Gasteiger partial charge < -0.3 is 14.6 Å². The molecule has 0 spiro atoms. The van der Waals surface area contributed by atoms with E-state index in [1.54, 1.807) is 6.26 Å². The van der Waals surface area contributed by atoms with Crippen LogP contribution in [-0.4, -0.2) is 37.0 Å². The van der Waals surface area contributed by atoms with Crippen LogP contribution in [0.3, 0.4) is 0 Å². The maximum atomic E-state index is 5.32. The molecule has 1 aliphatic heterocycles. The van der Waals surface area contributed by atoms with Gasteiger partial charge in [-0.3, -0.25) is 4.99 Å². The Morgan fingerprint density at radius 3 is 2.89 bits per heavy atom. The van der Waals surface area contributed by atoms with Crippen molar-refractivity contribution in [1.29, 1.82) is 0 Å². The van der Waals surface area contributed by atoms with E-state index >= 15 is 0 Å². The summed E-state index contributed by atoms with van der Waals surface area (Å²) in [6, 6.07) is 3.93. The molecule has 1 aromatic rings. The first-order chi connectivity index (χ1) is 8.90. The molecule has 2 heterocycles. The number of rotatable bonds is 4. The zero-order valence-corrected chi connectivity index (χ0v) is 11.2. The van der Waals surface area contributed by atoms with Crippen LogP contribution in [0.2, 0.25) is 0 Å². The van der Waals surface area contributed by atoms with Gasteiger partial charge in [0.15, 0.2) is 5.96 Å². The molecule has 0 aliphatic carbocycles. The average molecular weight is 249 g/mol. The van der Waals surface area contributed by atoms with Gasteiger partial charge in [-0.05, 0) is 38.3 Å². The van der Waals surface area contributed by atoms with E-state index in [0.29, 0.717) is 0 Å². The molecule has 0 unspecified atom stereocenters.